The second-order valence-corrected chi connectivity index (χ2v) is 11.5. The minimum absolute atomic E-state index is 0.0277. The van der Waals surface area contributed by atoms with Crippen molar-refractivity contribution in [3.8, 4) is 5.75 Å². The first-order valence-corrected chi connectivity index (χ1v) is 13.4. The predicted molar refractivity (Wildman–Crippen MR) is 126 cm³/mol. The summed E-state index contributed by atoms with van der Waals surface area (Å²) < 4.78 is 11.1. The minimum Gasteiger partial charge on any atom is -0.485 e. The van der Waals surface area contributed by atoms with Gasteiger partial charge in [0.2, 0.25) is 0 Å². The number of fused-ring (bicyclic) bond motifs is 1. The average molecular weight is 448 g/mol. The number of likely N-dealkylation sites (tertiary alicyclic amines) is 1. The summed E-state index contributed by atoms with van der Waals surface area (Å²) in [7, 11) is 1.05. The quantitative estimate of drug-likeness (QED) is 0.715. The van der Waals surface area contributed by atoms with Crippen LogP contribution in [0.25, 0.3) is 0 Å². The molecule has 4 aliphatic rings. The van der Waals surface area contributed by atoms with Crippen LogP contribution >= 0.6 is 8.45 Å². The van der Waals surface area contributed by atoms with Gasteiger partial charge < -0.3 is 19.4 Å². The molecule has 1 atom stereocenters. The maximum absolute atomic E-state index is 10.9. The van der Waals surface area contributed by atoms with Crippen molar-refractivity contribution < 1.29 is 9.63 Å². The second kappa shape index (κ2) is 9.48. The molecule has 0 aliphatic carbocycles. The molecule has 1 aromatic heterocycles. The fraction of sp³-hybridized carbons (Fsp3) is 0.783. The Labute approximate surface area is 188 Å². The lowest BCUT2D eigenvalue weighted by atomic mass is 9.83. The van der Waals surface area contributed by atoms with E-state index in [1.165, 1.54) is 31.2 Å². The van der Waals surface area contributed by atoms with E-state index in [9.17, 15) is 4.89 Å². The molecule has 1 unspecified atom stereocenters. The molecule has 4 aliphatic heterocycles. The first kappa shape index (κ1) is 21.8. The maximum atomic E-state index is 10.9. The molecule has 0 radical (unpaired) electrons. The van der Waals surface area contributed by atoms with Gasteiger partial charge in [0.05, 0.1) is 6.20 Å². The summed E-state index contributed by atoms with van der Waals surface area (Å²) in [5, 5.41) is 0. The van der Waals surface area contributed by atoms with Crippen LogP contribution in [0.4, 0.5) is 5.82 Å². The van der Waals surface area contributed by atoms with Crippen LogP contribution in [0.15, 0.2) is 12.3 Å². The highest BCUT2D eigenvalue weighted by atomic mass is 31.2. The molecule has 31 heavy (non-hydrogen) atoms. The Morgan fingerprint density at radius 2 is 1.58 bits per heavy atom. The van der Waals surface area contributed by atoms with E-state index < -0.39 is 8.45 Å². The molecule has 3 fully saturated rings. The van der Waals surface area contributed by atoms with Crippen molar-refractivity contribution in [2.24, 2.45) is 0 Å². The Kier molecular flexibility index (Phi) is 6.68. The number of ether oxygens (including phenoxy) is 1. The Morgan fingerprint density at radius 1 is 0.903 bits per heavy atom. The van der Waals surface area contributed by atoms with Crippen LogP contribution in [0.1, 0.15) is 50.5 Å². The largest absolute Gasteiger partial charge is 0.485 e. The number of pyridine rings is 1. The molecule has 3 saturated heterocycles. The number of hydrogen-bond acceptors (Lipinski definition) is 7. The molecular formula is C23H38N5O2P. The summed E-state index contributed by atoms with van der Waals surface area (Å²) >= 11 is 0. The van der Waals surface area contributed by atoms with Crippen molar-refractivity contribution in [2.45, 2.75) is 57.0 Å². The van der Waals surface area contributed by atoms with Crippen LogP contribution in [0.5, 0.6) is 5.75 Å². The van der Waals surface area contributed by atoms with Crippen molar-refractivity contribution in [1.29, 1.82) is 0 Å². The average Bonchev–Trinajstić information content (AvgIpc) is 3.10. The highest BCUT2D eigenvalue weighted by Crippen LogP contribution is 2.43. The summed E-state index contributed by atoms with van der Waals surface area (Å²) in [6.07, 6.45) is 11.5. The lowest BCUT2D eigenvalue weighted by Gasteiger charge is -2.44. The van der Waals surface area contributed by atoms with E-state index in [2.05, 4.69) is 32.3 Å². The molecular weight excluding hydrogens is 409 g/mol. The normalized spacial score (nSPS) is 26.8. The zero-order valence-electron chi connectivity index (χ0n) is 19.0. The summed E-state index contributed by atoms with van der Waals surface area (Å²) in [6, 6.07) is 2.25. The fourth-order valence-electron chi connectivity index (χ4n) is 5.47. The standard InChI is InChI=1S/C23H38N5O2P/c1-25-12-8-23(9-13-25)7-6-20-18-22(24-19-21(20)30-23)26-14-16-28(17-15-26)31(29)27-10-4-2-3-5-11-27/h18-19,29H,2-17H2,1H3. The van der Waals surface area contributed by atoms with E-state index in [1.807, 2.05) is 6.20 Å². The van der Waals surface area contributed by atoms with Gasteiger partial charge >= 0.3 is 0 Å². The first-order valence-electron chi connectivity index (χ1n) is 12.2. The van der Waals surface area contributed by atoms with Crippen molar-refractivity contribution >= 4 is 14.3 Å². The minimum atomic E-state index is -1.15. The van der Waals surface area contributed by atoms with Gasteiger partial charge in [-0.1, -0.05) is 12.8 Å². The number of aryl methyl sites for hydroxylation is 1. The molecule has 8 heteroatoms. The monoisotopic (exact) mass is 447 g/mol. The molecule has 0 aromatic carbocycles. The Hall–Kier alpha value is -0.980. The second-order valence-electron chi connectivity index (χ2n) is 9.82. The third-order valence-corrected chi connectivity index (χ3v) is 9.49. The summed E-state index contributed by atoms with van der Waals surface area (Å²) in [5.74, 6) is 2.07. The molecule has 0 bridgehead atoms. The maximum Gasteiger partial charge on any atom is 0.185 e. The highest BCUT2D eigenvalue weighted by molar-refractivity contribution is 7.46. The van der Waals surface area contributed by atoms with Crippen molar-refractivity contribution in [3.05, 3.63) is 17.8 Å². The Bertz CT molecular complexity index is 741. The van der Waals surface area contributed by atoms with Crippen molar-refractivity contribution in [1.82, 2.24) is 19.2 Å². The van der Waals surface area contributed by atoms with Gasteiger partial charge in [0.15, 0.2) is 8.45 Å². The number of nitrogens with zero attached hydrogens (tertiary/aromatic N) is 5. The van der Waals surface area contributed by atoms with Crippen LogP contribution in [-0.4, -0.2) is 89.1 Å². The van der Waals surface area contributed by atoms with Crippen molar-refractivity contribution in [3.63, 3.8) is 0 Å². The van der Waals surface area contributed by atoms with E-state index in [0.29, 0.717) is 0 Å². The zero-order valence-corrected chi connectivity index (χ0v) is 19.9. The van der Waals surface area contributed by atoms with E-state index in [0.717, 1.165) is 89.6 Å². The smallest absolute Gasteiger partial charge is 0.185 e. The first-order chi connectivity index (χ1) is 15.1. The number of piperazine rings is 1. The zero-order chi connectivity index (χ0) is 21.3. The van der Waals surface area contributed by atoms with E-state index >= 15 is 0 Å². The predicted octanol–water partition coefficient (Wildman–Crippen LogP) is 3.09. The van der Waals surface area contributed by atoms with Gasteiger partial charge in [-0.3, -0.25) is 0 Å². The molecule has 1 spiro atoms. The number of piperidine rings is 1. The molecule has 5 heterocycles. The van der Waals surface area contributed by atoms with Gasteiger partial charge in [0.25, 0.3) is 0 Å². The van der Waals surface area contributed by atoms with Crippen LogP contribution in [0.2, 0.25) is 0 Å². The number of aromatic nitrogens is 1. The molecule has 5 rings (SSSR count). The van der Waals surface area contributed by atoms with Crippen LogP contribution in [-0.2, 0) is 6.42 Å². The number of hydrogen-bond donors (Lipinski definition) is 1. The van der Waals surface area contributed by atoms with Crippen molar-refractivity contribution in [2.75, 3.05) is 64.3 Å². The van der Waals surface area contributed by atoms with Gasteiger partial charge in [-0.05, 0) is 57.2 Å². The van der Waals surface area contributed by atoms with E-state index in [1.54, 1.807) is 0 Å². The Morgan fingerprint density at radius 3 is 2.29 bits per heavy atom. The summed E-state index contributed by atoms with van der Waals surface area (Å²) in [5.41, 5.74) is 1.34. The molecule has 0 saturated carbocycles. The molecule has 7 nitrogen and oxygen atoms in total. The summed E-state index contributed by atoms with van der Waals surface area (Å²) in [4.78, 5) is 20.5. The third kappa shape index (κ3) is 4.86. The van der Waals surface area contributed by atoms with Gasteiger partial charge in [-0.25, -0.2) is 14.3 Å². The van der Waals surface area contributed by atoms with Gasteiger partial charge in [0.1, 0.15) is 17.2 Å². The fourth-order valence-corrected chi connectivity index (χ4v) is 7.01. The lowest BCUT2D eigenvalue weighted by molar-refractivity contribution is -0.00906. The van der Waals surface area contributed by atoms with Crippen LogP contribution < -0.4 is 9.64 Å². The molecule has 172 valence electrons. The van der Waals surface area contributed by atoms with Gasteiger partial charge in [-0.2, -0.15) is 0 Å². The Balaban J connectivity index is 1.18. The topological polar surface area (TPSA) is 55.3 Å². The summed E-state index contributed by atoms with van der Waals surface area (Å²) in [6.45, 7) is 8.01. The molecule has 0 amide bonds. The van der Waals surface area contributed by atoms with Crippen LogP contribution in [0, 0.1) is 0 Å². The van der Waals surface area contributed by atoms with Gasteiger partial charge in [0, 0.05) is 52.4 Å². The number of rotatable bonds is 3. The van der Waals surface area contributed by atoms with Gasteiger partial charge in [-0.15, -0.1) is 0 Å². The molecule has 1 aromatic rings. The van der Waals surface area contributed by atoms with E-state index in [4.69, 9.17) is 9.72 Å². The lowest BCUT2D eigenvalue weighted by Crippen LogP contribution is -2.49. The van der Waals surface area contributed by atoms with E-state index in [-0.39, 0.29) is 5.60 Å². The molecule has 1 N–H and O–H groups in total. The van der Waals surface area contributed by atoms with Crippen LogP contribution in [0.3, 0.4) is 0 Å². The number of anilines is 1. The SMILES string of the molecule is CN1CCC2(CCc3cc(N4CCN(P(O)N5CCCCCC5)CC4)ncc3O2)CC1. The highest BCUT2D eigenvalue weighted by Gasteiger charge is 2.39. The third-order valence-electron chi connectivity index (χ3n) is 7.68.